The van der Waals surface area contributed by atoms with Crippen molar-refractivity contribution < 1.29 is 9.53 Å². The summed E-state index contributed by atoms with van der Waals surface area (Å²) in [6.45, 7) is 7.60. The molecule has 2 amide bonds. The maximum absolute atomic E-state index is 12.4. The highest BCUT2D eigenvalue weighted by Gasteiger charge is 2.13. The summed E-state index contributed by atoms with van der Waals surface area (Å²) < 4.78 is 4.89. The molecule has 5 nitrogen and oxygen atoms in total. The highest BCUT2D eigenvalue weighted by atomic mass is 16.5. The van der Waals surface area contributed by atoms with Crippen LogP contribution in [-0.4, -0.2) is 24.0 Å². The maximum atomic E-state index is 12.4. The van der Waals surface area contributed by atoms with Gasteiger partial charge in [-0.05, 0) is 31.4 Å². The average molecular weight is 303 g/mol. The van der Waals surface area contributed by atoms with Gasteiger partial charge in [-0.3, -0.25) is 0 Å². The Kier molecular flexibility index (Phi) is 7.84. The van der Waals surface area contributed by atoms with Crippen molar-refractivity contribution in [3.63, 3.8) is 0 Å². The van der Waals surface area contributed by atoms with Gasteiger partial charge in [0.2, 0.25) is 0 Å². The molecule has 1 N–H and O–H groups in total. The van der Waals surface area contributed by atoms with Gasteiger partial charge in [0, 0.05) is 24.8 Å². The molecule has 0 atom stereocenters. The summed E-state index contributed by atoms with van der Waals surface area (Å²) in [5.41, 5.74) is 1.49. The van der Waals surface area contributed by atoms with E-state index in [1.165, 1.54) is 0 Å². The minimum atomic E-state index is -0.103. The van der Waals surface area contributed by atoms with Crippen LogP contribution in [0.2, 0.25) is 0 Å². The molecule has 0 aliphatic heterocycles. The zero-order valence-electron chi connectivity index (χ0n) is 13.7. The molecule has 0 saturated carbocycles. The van der Waals surface area contributed by atoms with Gasteiger partial charge in [-0.1, -0.05) is 32.8 Å². The molecule has 0 radical (unpaired) electrons. The summed E-state index contributed by atoms with van der Waals surface area (Å²) >= 11 is 0. The topological polar surface area (TPSA) is 65.4 Å². The van der Waals surface area contributed by atoms with Gasteiger partial charge in [0.1, 0.15) is 5.75 Å². The molecule has 0 saturated heterocycles. The van der Waals surface area contributed by atoms with E-state index in [0.717, 1.165) is 44.3 Å². The van der Waals surface area contributed by atoms with Crippen molar-refractivity contribution in [2.45, 2.75) is 46.5 Å². The Morgan fingerprint density at radius 1 is 1.27 bits per heavy atom. The Hall–Kier alpha value is -2.22. The van der Waals surface area contributed by atoms with E-state index in [-0.39, 0.29) is 6.03 Å². The number of nitriles is 1. The number of carbonyl (C=O) groups excluding carboxylic acids is 1. The van der Waals surface area contributed by atoms with E-state index in [1.54, 1.807) is 12.3 Å². The fourth-order valence-electron chi connectivity index (χ4n) is 2.05. The number of hydrogen-bond donors (Lipinski definition) is 1. The van der Waals surface area contributed by atoms with Crippen molar-refractivity contribution in [3.8, 4) is 12.0 Å². The van der Waals surface area contributed by atoms with Gasteiger partial charge in [0.15, 0.2) is 0 Å². The first kappa shape index (κ1) is 17.8. The Morgan fingerprint density at radius 3 is 2.45 bits per heavy atom. The SMILES string of the molecule is CCCCN(CCCC)C(=O)Nc1ccc(C)c(OC#N)c1. The van der Waals surface area contributed by atoms with Crippen LogP contribution in [0.1, 0.15) is 45.1 Å². The summed E-state index contributed by atoms with van der Waals surface area (Å²) in [5, 5.41) is 11.5. The van der Waals surface area contributed by atoms with Crippen LogP contribution in [0.5, 0.6) is 5.75 Å². The Bertz CT molecular complexity index is 515. The second-order valence-corrected chi connectivity index (χ2v) is 5.30. The number of urea groups is 1. The third kappa shape index (κ3) is 5.65. The van der Waals surface area contributed by atoms with E-state index in [4.69, 9.17) is 10.00 Å². The third-order valence-corrected chi connectivity index (χ3v) is 3.45. The number of nitrogens with one attached hydrogen (secondary N) is 1. The van der Waals surface area contributed by atoms with Crippen LogP contribution in [0.3, 0.4) is 0 Å². The number of ether oxygens (including phenoxy) is 1. The number of aryl methyl sites for hydroxylation is 1. The van der Waals surface area contributed by atoms with Gasteiger partial charge in [0.25, 0.3) is 6.26 Å². The number of amides is 2. The molecular weight excluding hydrogens is 278 g/mol. The van der Waals surface area contributed by atoms with Crippen LogP contribution in [0, 0.1) is 18.4 Å². The van der Waals surface area contributed by atoms with Crippen molar-refractivity contribution in [1.82, 2.24) is 4.90 Å². The van der Waals surface area contributed by atoms with Crippen molar-refractivity contribution in [1.29, 1.82) is 5.26 Å². The summed E-state index contributed by atoms with van der Waals surface area (Å²) in [7, 11) is 0. The molecule has 0 bridgehead atoms. The molecular formula is C17H25N3O2. The number of carbonyl (C=O) groups is 1. The quantitative estimate of drug-likeness (QED) is 0.729. The smallest absolute Gasteiger partial charge is 0.321 e. The number of nitrogens with zero attached hydrogens (tertiary/aromatic N) is 2. The third-order valence-electron chi connectivity index (χ3n) is 3.45. The lowest BCUT2D eigenvalue weighted by Crippen LogP contribution is -2.36. The Labute approximate surface area is 132 Å². The minimum Gasteiger partial charge on any atom is -0.388 e. The van der Waals surface area contributed by atoms with Gasteiger partial charge in [-0.2, -0.15) is 0 Å². The van der Waals surface area contributed by atoms with E-state index < -0.39 is 0 Å². The normalized spacial score (nSPS) is 9.91. The first-order valence-corrected chi connectivity index (χ1v) is 7.84. The number of hydrogen-bond acceptors (Lipinski definition) is 3. The van der Waals surface area contributed by atoms with Crippen LogP contribution >= 0.6 is 0 Å². The predicted molar refractivity (Wildman–Crippen MR) is 87.8 cm³/mol. The van der Waals surface area contributed by atoms with Gasteiger partial charge in [-0.15, -0.1) is 5.26 Å². The monoisotopic (exact) mass is 303 g/mol. The van der Waals surface area contributed by atoms with Crippen LogP contribution in [-0.2, 0) is 0 Å². The van der Waals surface area contributed by atoms with Crippen LogP contribution < -0.4 is 10.1 Å². The van der Waals surface area contributed by atoms with Crippen molar-refractivity contribution in [2.75, 3.05) is 18.4 Å². The number of anilines is 1. The molecule has 0 aliphatic carbocycles. The Morgan fingerprint density at radius 2 is 1.91 bits per heavy atom. The summed E-state index contributed by atoms with van der Waals surface area (Å²) in [6, 6.07) is 5.21. The van der Waals surface area contributed by atoms with Crippen LogP contribution in [0.15, 0.2) is 18.2 Å². The number of benzene rings is 1. The zero-order valence-corrected chi connectivity index (χ0v) is 13.7. The van der Waals surface area contributed by atoms with E-state index in [1.807, 2.05) is 24.0 Å². The lowest BCUT2D eigenvalue weighted by molar-refractivity contribution is 0.210. The lowest BCUT2D eigenvalue weighted by Gasteiger charge is -2.23. The largest absolute Gasteiger partial charge is 0.388 e. The molecule has 0 heterocycles. The molecule has 0 unspecified atom stereocenters. The molecule has 0 aliphatic rings. The molecule has 0 fully saturated rings. The second kappa shape index (κ2) is 9.67. The fourth-order valence-corrected chi connectivity index (χ4v) is 2.05. The molecule has 0 aromatic heterocycles. The molecule has 5 heteroatoms. The summed E-state index contributed by atoms with van der Waals surface area (Å²) in [4.78, 5) is 14.2. The molecule has 1 rings (SSSR count). The molecule has 0 spiro atoms. The molecule has 1 aromatic rings. The summed E-state index contributed by atoms with van der Waals surface area (Å²) in [6.07, 6.45) is 5.76. The number of rotatable bonds is 8. The first-order valence-electron chi connectivity index (χ1n) is 7.84. The standard InChI is InChI=1S/C17H25N3O2/c1-4-6-10-20(11-7-5-2)17(21)19-15-9-8-14(3)16(12-15)22-13-18/h8-9,12H,4-7,10-11H2,1-3H3,(H,19,21). The van der Waals surface area contributed by atoms with Gasteiger partial charge in [0.05, 0.1) is 0 Å². The van der Waals surface area contributed by atoms with E-state index in [9.17, 15) is 4.79 Å². The average Bonchev–Trinajstić information content (AvgIpc) is 2.51. The van der Waals surface area contributed by atoms with E-state index in [0.29, 0.717) is 11.4 Å². The van der Waals surface area contributed by atoms with Gasteiger partial charge < -0.3 is 15.0 Å². The van der Waals surface area contributed by atoms with E-state index in [2.05, 4.69) is 19.2 Å². The van der Waals surface area contributed by atoms with E-state index >= 15 is 0 Å². The predicted octanol–water partition coefficient (Wildman–Crippen LogP) is 4.29. The van der Waals surface area contributed by atoms with Gasteiger partial charge in [-0.25, -0.2) is 4.79 Å². The van der Waals surface area contributed by atoms with Crippen LogP contribution in [0.4, 0.5) is 10.5 Å². The molecule has 22 heavy (non-hydrogen) atoms. The second-order valence-electron chi connectivity index (χ2n) is 5.30. The first-order chi connectivity index (χ1) is 10.6. The van der Waals surface area contributed by atoms with Crippen molar-refractivity contribution >= 4 is 11.7 Å². The molecule has 1 aromatic carbocycles. The van der Waals surface area contributed by atoms with Crippen molar-refractivity contribution in [3.05, 3.63) is 23.8 Å². The highest BCUT2D eigenvalue weighted by molar-refractivity contribution is 5.89. The molecule has 120 valence electrons. The van der Waals surface area contributed by atoms with Crippen molar-refractivity contribution in [2.24, 2.45) is 0 Å². The zero-order chi connectivity index (χ0) is 16.4. The fraction of sp³-hybridized carbons (Fsp3) is 0.529. The Balaban J connectivity index is 2.75. The van der Waals surface area contributed by atoms with Gasteiger partial charge >= 0.3 is 6.03 Å². The van der Waals surface area contributed by atoms with Crippen LogP contribution in [0.25, 0.3) is 0 Å². The number of unbranched alkanes of at least 4 members (excludes halogenated alkanes) is 2. The maximum Gasteiger partial charge on any atom is 0.321 e. The highest BCUT2D eigenvalue weighted by Crippen LogP contribution is 2.22. The minimum absolute atomic E-state index is 0.103. The lowest BCUT2D eigenvalue weighted by atomic mass is 10.2. The summed E-state index contributed by atoms with van der Waals surface area (Å²) in [5.74, 6) is 0.467.